The molecule has 3 aliphatic carbocycles. The van der Waals surface area contributed by atoms with Gasteiger partial charge in [0.1, 0.15) is 0 Å². The maximum atomic E-state index is 12.3. The van der Waals surface area contributed by atoms with Crippen molar-refractivity contribution in [2.24, 2.45) is 17.3 Å². The van der Waals surface area contributed by atoms with Crippen LogP contribution in [0.15, 0.2) is 46.2 Å². The van der Waals surface area contributed by atoms with Gasteiger partial charge in [0, 0.05) is 10.8 Å². The SMILES string of the molecule is CC1(C)[C@H]2C=C(Sc3ccccc3)C(=O)[C@@H]1C2. The minimum absolute atomic E-state index is 0.192. The third-order valence-electron chi connectivity index (χ3n) is 4.23. The Balaban J connectivity index is 1.85. The van der Waals surface area contributed by atoms with Gasteiger partial charge in [-0.3, -0.25) is 4.79 Å². The van der Waals surface area contributed by atoms with Crippen molar-refractivity contribution < 1.29 is 4.79 Å². The molecule has 1 nitrogen and oxygen atoms in total. The van der Waals surface area contributed by atoms with Gasteiger partial charge in [-0.1, -0.05) is 49.9 Å². The van der Waals surface area contributed by atoms with Gasteiger partial charge in [-0.15, -0.1) is 0 Å². The first-order valence-corrected chi connectivity index (χ1v) is 6.89. The Morgan fingerprint density at radius 3 is 2.53 bits per heavy atom. The topological polar surface area (TPSA) is 17.1 Å². The minimum atomic E-state index is 0.192. The fourth-order valence-corrected chi connectivity index (χ4v) is 3.85. The van der Waals surface area contributed by atoms with Gasteiger partial charge in [0.15, 0.2) is 5.78 Å². The fourth-order valence-electron chi connectivity index (χ4n) is 2.82. The van der Waals surface area contributed by atoms with Gasteiger partial charge < -0.3 is 0 Å². The molecule has 4 rings (SSSR count). The number of hydrogen-bond donors (Lipinski definition) is 0. The molecule has 0 unspecified atom stereocenters. The van der Waals surface area contributed by atoms with Crippen molar-refractivity contribution in [2.75, 3.05) is 0 Å². The van der Waals surface area contributed by atoms with Crippen LogP contribution in [0.25, 0.3) is 0 Å². The summed E-state index contributed by atoms with van der Waals surface area (Å²) in [5.74, 6) is 1.20. The first-order valence-electron chi connectivity index (χ1n) is 6.08. The molecular weight excluding hydrogens is 228 g/mol. The molecule has 0 aromatic heterocycles. The molecule has 1 saturated carbocycles. The third kappa shape index (κ3) is 1.66. The Hall–Kier alpha value is -1.02. The zero-order valence-corrected chi connectivity index (χ0v) is 11.0. The van der Waals surface area contributed by atoms with Gasteiger partial charge in [0.2, 0.25) is 0 Å². The van der Waals surface area contributed by atoms with E-state index in [9.17, 15) is 4.79 Å². The standard InChI is InChI=1S/C15H16OS/c1-15(2)10-8-12(15)14(16)13(9-10)17-11-6-4-3-5-7-11/h3-7,9-10,12H,8H2,1-2H3/t10-,12+/m1/s1. The molecule has 0 aliphatic heterocycles. The number of thioether (sulfide) groups is 1. The predicted octanol–water partition coefficient (Wildman–Crippen LogP) is 3.91. The Bertz CT molecular complexity index is 487. The Morgan fingerprint density at radius 1 is 1.24 bits per heavy atom. The molecule has 1 aromatic carbocycles. The van der Waals surface area contributed by atoms with Crippen LogP contribution in [0.2, 0.25) is 0 Å². The lowest BCUT2D eigenvalue weighted by Crippen LogP contribution is -2.51. The predicted molar refractivity (Wildman–Crippen MR) is 70.8 cm³/mol. The average molecular weight is 244 g/mol. The second-order valence-corrected chi connectivity index (χ2v) is 6.64. The van der Waals surface area contributed by atoms with Gasteiger partial charge in [0.25, 0.3) is 0 Å². The molecule has 0 saturated heterocycles. The molecule has 1 fully saturated rings. The van der Waals surface area contributed by atoms with Crippen LogP contribution in [0.1, 0.15) is 20.3 Å². The molecule has 0 amide bonds. The third-order valence-corrected chi connectivity index (χ3v) is 5.29. The van der Waals surface area contributed by atoms with Crippen LogP contribution < -0.4 is 0 Å². The number of benzene rings is 1. The van der Waals surface area contributed by atoms with E-state index in [-0.39, 0.29) is 11.3 Å². The molecule has 3 aliphatic rings. The van der Waals surface area contributed by atoms with Crippen LogP contribution in [-0.2, 0) is 4.79 Å². The van der Waals surface area contributed by atoms with Gasteiger partial charge in [-0.2, -0.15) is 0 Å². The summed E-state index contributed by atoms with van der Waals surface area (Å²) in [6.45, 7) is 4.42. The first kappa shape index (κ1) is 11.1. The van der Waals surface area contributed by atoms with Crippen molar-refractivity contribution >= 4 is 17.5 Å². The van der Waals surface area contributed by atoms with Crippen molar-refractivity contribution in [2.45, 2.75) is 25.2 Å². The van der Waals surface area contributed by atoms with Crippen molar-refractivity contribution in [3.05, 3.63) is 41.3 Å². The maximum Gasteiger partial charge on any atom is 0.172 e. The van der Waals surface area contributed by atoms with Gasteiger partial charge >= 0.3 is 0 Å². The smallest absolute Gasteiger partial charge is 0.172 e. The molecule has 88 valence electrons. The van der Waals surface area contributed by atoms with E-state index in [4.69, 9.17) is 0 Å². The van der Waals surface area contributed by atoms with Gasteiger partial charge in [-0.25, -0.2) is 0 Å². The quantitative estimate of drug-likeness (QED) is 0.784. The molecule has 0 radical (unpaired) electrons. The van der Waals surface area contributed by atoms with E-state index >= 15 is 0 Å². The number of allylic oxidation sites excluding steroid dienone is 2. The van der Waals surface area contributed by atoms with Crippen LogP contribution in [0.5, 0.6) is 0 Å². The van der Waals surface area contributed by atoms with E-state index < -0.39 is 0 Å². The van der Waals surface area contributed by atoms with Crippen LogP contribution in [0, 0.1) is 17.3 Å². The summed E-state index contributed by atoms with van der Waals surface area (Å²) in [5.41, 5.74) is 0.192. The highest BCUT2D eigenvalue weighted by molar-refractivity contribution is 8.04. The number of ketones is 1. The largest absolute Gasteiger partial charge is 0.293 e. The van der Waals surface area contributed by atoms with Crippen LogP contribution >= 0.6 is 11.8 Å². The van der Waals surface area contributed by atoms with E-state index in [1.54, 1.807) is 11.8 Å². The van der Waals surface area contributed by atoms with Crippen LogP contribution in [-0.4, -0.2) is 5.78 Å². The zero-order valence-electron chi connectivity index (χ0n) is 10.1. The summed E-state index contributed by atoms with van der Waals surface area (Å²) < 4.78 is 0. The fraction of sp³-hybridized carbons (Fsp3) is 0.400. The number of hydrogen-bond acceptors (Lipinski definition) is 2. The number of Topliss-reactive ketones (excluding diaryl/α,β-unsaturated/α-hetero) is 1. The normalized spacial score (nSPS) is 29.5. The van der Waals surface area contributed by atoms with Crippen molar-refractivity contribution in [1.82, 2.24) is 0 Å². The molecule has 17 heavy (non-hydrogen) atoms. The molecule has 2 bridgehead atoms. The second kappa shape index (κ2) is 3.74. The van der Waals surface area contributed by atoms with Crippen molar-refractivity contribution in [3.63, 3.8) is 0 Å². The zero-order chi connectivity index (χ0) is 12.0. The molecule has 0 spiro atoms. The highest BCUT2D eigenvalue weighted by atomic mass is 32.2. The van der Waals surface area contributed by atoms with E-state index in [2.05, 4.69) is 32.1 Å². The molecule has 0 heterocycles. The Morgan fingerprint density at radius 2 is 1.94 bits per heavy atom. The number of carbonyl (C=O) groups is 1. The lowest BCUT2D eigenvalue weighted by atomic mass is 9.51. The van der Waals surface area contributed by atoms with E-state index in [1.807, 2.05) is 18.2 Å². The molecule has 0 N–H and O–H groups in total. The monoisotopic (exact) mass is 244 g/mol. The average Bonchev–Trinajstić information content (AvgIpc) is 2.32. The molecule has 2 atom stereocenters. The highest BCUT2D eigenvalue weighted by Gasteiger charge is 2.54. The van der Waals surface area contributed by atoms with E-state index in [0.717, 1.165) is 16.2 Å². The van der Waals surface area contributed by atoms with E-state index in [0.29, 0.717) is 11.7 Å². The number of rotatable bonds is 2. The lowest BCUT2D eigenvalue weighted by molar-refractivity contribution is -0.133. The summed E-state index contributed by atoms with van der Waals surface area (Å²) >= 11 is 1.62. The summed E-state index contributed by atoms with van der Waals surface area (Å²) in [4.78, 5) is 14.4. The first-order chi connectivity index (χ1) is 8.09. The summed E-state index contributed by atoms with van der Waals surface area (Å²) in [7, 11) is 0. The second-order valence-electron chi connectivity index (χ2n) is 5.53. The minimum Gasteiger partial charge on any atom is -0.293 e. The van der Waals surface area contributed by atoms with Crippen molar-refractivity contribution in [3.8, 4) is 0 Å². The Labute approximate surface area is 106 Å². The summed E-state index contributed by atoms with van der Waals surface area (Å²) in [6.07, 6.45) is 3.25. The number of carbonyl (C=O) groups excluding carboxylic acids is 1. The molecule has 1 aromatic rings. The van der Waals surface area contributed by atoms with Crippen molar-refractivity contribution in [1.29, 1.82) is 0 Å². The Kier molecular flexibility index (Phi) is 2.44. The molecule has 2 heteroatoms. The summed E-state index contributed by atoms with van der Waals surface area (Å²) in [6, 6.07) is 10.2. The van der Waals surface area contributed by atoms with Crippen LogP contribution in [0.4, 0.5) is 0 Å². The highest BCUT2D eigenvalue weighted by Crippen LogP contribution is 2.58. The number of fused-ring (bicyclic) bond motifs is 1. The molecular formula is C15H16OS. The lowest BCUT2D eigenvalue weighted by Gasteiger charge is -2.53. The van der Waals surface area contributed by atoms with Gasteiger partial charge in [0.05, 0.1) is 4.91 Å². The summed E-state index contributed by atoms with van der Waals surface area (Å²) in [5, 5.41) is 0. The maximum absolute atomic E-state index is 12.3. The van der Waals surface area contributed by atoms with E-state index in [1.165, 1.54) is 0 Å². The van der Waals surface area contributed by atoms with Gasteiger partial charge in [-0.05, 0) is 29.9 Å². The van der Waals surface area contributed by atoms with Crippen LogP contribution in [0.3, 0.4) is 0 Å².